The minimum atomic E-state index is -0.973. The zero-order valence-electron chi connectivity index (χ0n) is 18.5. The molecule has 0 saturated carbocycles. The number of aliphatic carboxylic acids is 1. The molecule has 0 saturated heterocycles. The van der Waals surface area contributed by atoms with Crippen LogP contribution in [-0.2, 0) is 11.2 Å². The van der Waals surface area contributed by atoms with Crippen molar-refractivity contribution in [3.8, 4) is 22.9 Å². The second kappa shape index (κ2) is 11.6. The van der Waals surface area contributed by atoms with Crippen molar-refractivity contribution in [1.29, 1.82) is 0 Å². The minimum Gasteiger partial charge on any atom is -0.481 e. The molecule has 0 aliphatic heterocycles. The van der Waals surface area contributed by atoms with Gasteiger partial charge in [-0.25, -0.2) is 14.4 Å². The fourth-order valence-electron chi connectivity index (χ4n) is 3.41. The first-order valence-electron chi connectivity index (χ1n) is 10.5. The van der Waals surface area contributed by atoms with Gasteiger partial charge in [0.1, 0.15) is 5.82 Å². The number of nitrogens with zero attached hydrogens (tertiary/aromatic N) is 2. The van der Waals surface area contributed by atoms with Crippen molar-refractivity contribution >= 4 is 17.9 Å². The van der Waals surface area contributed by atoms with Crippen molar-refractivity contribution in [3.63, 3.8) is 0 Å². The molecule has 7 nitrogen and oxygen atoms in total. The van der Waals surface area contributed by atoms with E-state index in [-0.39, 0.29) is 12.3 Å². The Morgan fingerprint density at radius 2 is 1.94 bits per heavy atom. The molecule has 174 valence electrons. The molecular weight excluding hydrogens is 445 g/mol. The first-order chi connectivity index (χ1) is 15.9. The number of rotatable bonds is 11. The molecule has 2 heterocycles. The lowest BCUT2D eigenvalue weighted by molar-refractivity contribution is -0.136. The lowest BCUT2D eigenvalue weighted by Crippen LogP contribution is -2.08. The predicted molar refractivity (Wildman–Crippen MR) is 125 cm³/mol. The summed E-state index contributed by atoms with van der Waals surface area (Å²) in [5.74, 6) is -0.574. The molecule has 0 aliphatic rings. The molecule has 9 heteroatoms. The maximum atomic E-state index is 14.4. The summed E-state index contributed by atoms with van der Waals surface area (Å²) in [6.07, 6.45) is 3.58. The Morgan fingerprint density at radius 3 is 2.67 bits per heavy atom. The van der Waals surface area contributed by atoms with E-state index in [9.17, 15) is 14.3 Å². The molecule has 3 rings (SSSR count). The van der Waals surface area contributed by atoms with Crippen LogP contribution in [0.3, 0.4) is 0 Å². The zero-order valence-corrected chi connectivity index (χ0v) is 19.3. The summed E-state index contributed by atoms with van der Waals surface area (Å²) < 4.78 is 25.7. The van der Waals surface area contributed by atoms with Gasteiger partial charge < -0.3 is 14.6 Å². The average molecular weight is 472 g/mol. The number of nitrogens with two attached hydrogens (primary N) is 1. The van der Waals surface area contributed by atoms with Gasteiger partial charge in [0.05, 0.1) is 24.5 Å². The van der Waals surface area contributed by atoms with E-state index in [1.165, 1.54) is 12.1 Å². The van der Waals surface area contributed by atoms with Crippen LogP contribution in [0.25, 0.3) is 11.1 Å². The molecule has 1 aromatic carbocycles. The lowest BCUT2D eigenvalue weighted by Gasteiger charge is -2.17. The van der Waals surface area contributed by atoms with Crippen LogP contribution < -0.4 is 14.6 Å². The van der Waals surface area contributed by atoms with Crippen molar-refractivity contribution in [2.45, 2.75) is 37.5 Å². The van der Waals surface area contributed by atoms with Crippen LogP contribution in [0.2, 0.25) is 0 Å². The third kappa shape index (κ3) is 6.66. The van der Waals surface area contributed by atoms with E-state index in [1.807, 2.05) is 19.9 Å². The summed E-state index contributed by atoms with van der Waals surface area (Å²) in [7, 11) is 0. The summed E-state index contributed by atoms with van der Waals surface area (Å²) >= 11 is 1.07. The number of aromatic nitrogens is 2. The highest BCUT2D eigenvalue weighted by atomic mass is 32.2. The standard InChI is InChI=1S/C24H26FN3O4S/c1-15(2)18-12-17(25)13-19(20(18)14-23(29)30)16-6-8-27-22(11-16)31-9-4-10-32-24-21(33-26)5-3-7-28-24/h3,5-8,11-13,15H,4,9-10,14,26H2,1-2H3,(H,29,30). The van der Waals surface area contributed by atoms with Crippen LogP contribution in [0.1, 0.15) is 37.3 Å². The Labute approximate surface area is 196 Å². The summed E-state index contributed by atoms with van der Waals surface area (Å²) in [4.78, 5) is 20.6. The smallest absolute Gasteiger partial charge is 0.307 e. The number of pyridine rings is 2. The average Bonchev–Trinajstić information content (AvgIpc) is 2.79. The molecule has 0 atom stereocenters. The van der Waals surface area contributed by atoms with E-state index < -0.39 is 11.8 Å². The first kappa shape index (κ1) is 24.5. The third-order valence-corrected chi connectivity index (χ3v) is 5.45. The Kier molecular flexibility index (Phi) is 8.62. The number of carbonyl (C=O) groups is 1. The Hall–Kier alpha value is -3.17. The van der Waals surface area contributed by atoms with Crippen molar-refractivity contribution < 1.29 is 23.8 Å². The van der Waals surface area contributed by atoms with Crippen LogP contribution in [0.5, 0.6) is 11.8 Å². The number of halogens is 1. The summed E-state index contributed by atoms with van der Waals surface area (Å²) in [6, 6.07) is 9.78. The van der Waals surface area contributed by atoms with E-state index in [1.54, 1.807) is 30.6 Å². The molecular formula is C24H26FN3O4S. The van der Waals surface area contributed by atoms with Gasteiger partial charge in [0.2, 0.25) is 11.8 Å². The molecule has 3 aromatic rings. The van der Waals surface area contributed by atoms with Gasteiger partial charge in [-0.2, -0.15) is 0 Å². The van der Waals surface area contributed by atoms with Gasteiger partial charge in [-0.3, -0.25) is 9.93 Å². The minimum absolute atomic E-state index is 0.0244. The van der Waals surface area contributed by atoms with Gasteiger partial charge in [0, 0.05) is 24.9 Å². The molecule has 0 aliphatic carbocycles. The molecule has 0 bridgehead atoms. The lowest BCUT2D eigenvalue weighted by atomic mass is 9.88. The largest absolute Gasteiger partial charge is 0.481 e. The predicted octanol–water partition coefficient (Wildman–Crippen LogP) is 4.85. The van der Waals surface area contributed by atoms with Crippen LogP contribution in [0, 0.1) is 5.82 Å². The number of benzene rings is 1. The first-order valence-corrected chi connectivity index (χ1v) is 11.3. The van der Waals surface area contributed by atoms with Crippen LogP contribution >= 0.6 is 11.9 Å². The van der Waals surface area contributed by atoms with Crippen LogP contribution in [0.4, 0.5) is 4.39 Å². The van der Waals surface area contributed by atoms with E-state index in [0.717, 1.165) is 16.8 Å². The van der Waals surface area contributed by atoms with Gasteiger partial charge in [-0.15, -0.1) is 0 Å². The summed E-state index contributed by atoms with van der Waals surface area (Å²) in [6.45, 7) is 4.55. The number of hydrogen-bond donors (Lipinski definition) is 2. The van der Waals surface area contributed by atoms with Crippen molar-refractivity contribution in [1.82, 2.24) is 9.97 Å². The van der Waals surface area contributed by atoms with E-state index >= 15 is 0 Å². The number of ether oxygens (including phenoxy) is 2. The maximum Gasteiger partial charge on any atom is 0.307 e. The van der Waals surface area contributed by atoms with Gasteiger partial charge in [0.25, 0.3) is 0 Å². The molecule has 0 radical (unpaired) electrons. The SMILES string of the molecule is CC(C)c1cc(F)cc(-c2ccnc(OCCCOc3ncccc3SN)c2)c1CC(=O)O. The quantitative estimate of drug-likeness (QED) is 0.302. The molecule has 3 N–H and O–H groups in total. The highest BCUT2D eigenvalue weighted by Crippen LogP contribution is 2.33. The fourth-order valence-corrected chi connectivity index (χ4v) is 3.78. The van der Waals surface area contributed by atoms with Crippen molar-refractivity contribution in [2.24, 2.45) is 5.14 Å². The van der Waals surface area contributed by atoms with Crippen molar-refractivity contribution in [3.05, 3.63) is 65.7 Å². The van der Waals surface area contributed by atoms with Crippen LogP contribution in [-0.4, -0.2) is 34.3 Å². The van der Waals surface area contributed by atoms with Crippen molar-refractivity contribution in [2.75, 3.05) is 13.2 Å². The number of carboxylic acids is 1. The van der Waals surface area contributed by atoms with E-state index in [0.29, 0.717) is 53.6 Å². The molecule has 0 unspecified atom stereocenters. The fraction of sp³-hybridized carbons (Fsp3) is 0.292. The summed E-state index contributed by atoms with van der Waals surface area (Å²) in [5.41, 5.74) is 2.44. The Balaban J connectivity index is 1.70. The second-order valence-corrected chi connectivity index (χ2v) is 8.28. The van der Waals surface area contributed by atoms with E-state index in [4.69, 9.17) is 14.6 Å². The number of carboxylic acid groups (broad SMARTS) is 1. The zero-order chi connectivity index (χ0) is 23.8. The van der Waals surface area contributed by atoms with E-state index in [2.05, 4.69) is 9.97 Å². The Bertz CT molecular complexity index is 1110. The van der Waals surface area contributed by atoms with Gasteiger partial charge in [-0.05, 0) is 70.5 Å². The summed E-state index contributed by atoms with van der Waals surface area (Å²) in [5, 5.41) is 15.0. The maximum absolute atomic E-state index is 14.4. The Morgan fingerprint density at radius 1 is 1.15 bits per heavy atom. The van der Waals surface area contributed by atoms with Gasteiger partial charge >= 0.3 is 5.97 Å². The van der Waals surface area contributed by atoms with Gasteiger partial charge in [-0.1, -0.05) is 13.8 Å². The molecule has 33 heavy (non-hydrogen) atoms. The molecule has 0 fully saturated rings. The second-order valence-electron chi connectivity index (χ2n) is 7.60. The third-order valence-electron chi connectivity index (χ3n) is 4.89. The van der Waals surface area contributed by atoms with Gasteiger partial charge in [0.15, 0.2) is 0 Å². The molecule has 0 amide bonds. The monoisotopic (exact) mass is 471 g/mol. The number of hydrogen-bond acceptors (Lipinski definition) is 7. The highest BCUT2D eigenvalue weighted by molar-refractivity contribution is 7.97. The van der Waals surface area contributed by atoms with Crippen LogP contribution in [0.15, 0.2) is 53.7 Å². The molecule has 2 aromatic heterocycles. The normalized spacial score (nSPS) is 10.9. The molecule has 0 spiro atoms. The highest BCUT2D eigenvalue weighted by Gasteiger charge is 2.18. The topological polar surface area (TPSA) is 108 Å².